The van der Waals surface area contributed by atoms with E-state index in [1.54, 1.807) is 12.1 Å². The molecule has 0 aliphatic rings. The van der Waals surface area contributed by atoms with E-state index in [1.165, 1.54) is 18.2 Å². The van der Waals surface area contributed by atoms with Crippen LogP contribution in [0, 0.1) is 15.5 Å². The minimum absolute atomic E-state index is 0.0632. The van der Waals surface area contributed by atoms with Crippen LogP contribution in [0.25, 0.3) is 11.1 Å². The van der Waals surface area contributed by atoms with E-state index in [1.807, 2.05) is 22.6 Å². The molecule has 0 aliphatic heterocycles. The maximum absolute atomic E-state index is 13.2. The number of halogens is 2. The molecule has 16 heavy (non-hydrogen) atoms. The van der Waals surface area contributed by atoms with Crippen molar-refractivity contribution in [2.75, 3.05) is 0 Å². The molecule has 0 bridgehead atoms. The lowest BCUT2D eigenvalue weighted by atomic mass is 10.0. The predicted octanol–water partition coefficient (Wildman–Crippen LogP) is 3.31. The van der Waals surface area contributed by atoms with Crippen molar-refractivity contribution in [3.63, 3.8) is 0 Å². The van der Waals surface area contributed by atoms with Gasteiger partial charge >= 0.3 is 0 Å². The molecule has 0 unspecified atom stereocenters. The van der Waals surface area contributed by atoms with Gasteiger partial charge in [-0.25, -0.2) is 4.39 Å². The van der Waals surface area contributed by atoms with E-state index in [9.17, 15) is 9.50 Å². The standard InChI is InChI=1S/C12H7FIO2/c13-8-6-7(4-5-10(8)15)12-9(14)2-1-3-11(12)16/h1,3-6,15-16H. The van der Waals surface area contributed by atoms with Gasteiger partial charge in [0.15, 0.2) is 11.6 Å². The van der Waals surface area contributed by atoms with Crippen molar-refractivity contribution in [3.8, 4) is 22.6 Å². The van der Waals surface area contributed by atoms with Crippen molar-refractivity contribution in [1.29, 1.82) is 0 Å². The number of hydrogen-bond donors (Lipinski definition) is 2. The van der Waals surface area contributed by atoms with Crippen LogP contribution in [0.1, 0.15) is 0 Å². The second kappa shape index (κ2) is 4.29. The van der Waals surface area contributed by atoms with Crippen molar-refractivity contribution in [1.82, 2.24) is 0 Å². The summed E-state index contributed by atoms with van der Waals surface area (Å²) >= 11 is 2.01. The van der Waals surface area contributed by atoms with E-state index in [0.717, 1.165) is 0 Å². The summed E-state index contributed by atoms with van der Waals surface area (Å²) < 4.78 is 13.9. The Bertz CT molecular complexity index is 520. The molecule has 0 fully saturated rings. The number of rotatable bonds is 1. The highest BCUT2D eigenvalue weighted by atomic mass is 127. The normalized spacial score (nSPS) is 10.4. The smallest absolute Gasteiger partial charge is 0.165 e. The first kappa shape index (κ1) is 11.2. The zero-order valence-corrected chi connectivity index (χ0v) is 10.2. The van der Waals surface area contributed by atoms with Crippen molar-refractivity contribution in [2.24, 2.45) is 0 Å². The van der Waals surface area contributed by atoms with Crippen LogP contribution in [-0.4, -0.2) is 10.2 Å². The van der Waals surface area contributed by atoms with E-state index in [4.69, 9.17) is 5.11 Å². The molecule has 81 valence electrons. The van der Waals surface area contributed by atoms with Crippen molar-refractivity contribution in [2.45, 2.75) is 0 Å². The number of hydrogen-bond acceptors (Lipinski definition) is 2. The van der Waals surface area contributed by atoms with Gasteiger partial charge in [-0.1, -0.05) is 6.07 Å². The third-order valence-electron chi connectivity index (χ3n) is 2.16. The molecular weight excluding hydrogens is 322 g/mol. The lowest BCUT2D eigenvalue weighted by Gasteiger charge is -2.07. The second-order valence-corrected chi connectivity index (χ2v) is 4.30. The number of phenols is 2. The highest BCUT2D eigenvalue weighted by molar-refractivity contribution is 14.1. The first-order valence-corrected chi connectivity index (χ1v) is 5.55. The van der Waals surface area contributed by atoms with E-state index in [-0.39, 0.29) is 5.75 Å². The Balaban J connectivity index is 2.63. The van der Waals surface area contributed by atoms with Gasteiger partial charge in [0.25, 0.3) is 0 Å². The lowest BCUT2D eigenvalue weighted by molar-refractivity contribution is 0.432. The summed E-state index contributed by atoms with van der Waals surface area (Å²) in [5, 5.41) is 18.8. The highest BCUT2D eigenvalue weighted by Crippen LogP contribution is 2.34. The predicted molar refractivity (Wildman–Crippen MR) is 66.7 cm³/mol. The third kappa shape index (κ3) is 1.97. The number of aromatic hydroxyl groups is 2. The third-order valence-corrected chi connectivity index (χ3v) is 3.01. The molecule has 0 saturated carbocycles. The van der Waals surface area contributed by atoms with Crippen LogP contribution >= 0.6 is 22.6 Å². The molecule has 2 aromatic rings. The molecule has 2 rings (SSSR count). The van der Waals surface area contributed by atoms with Crippen molar-refractivity contribution >= 4 is 22.6 Å². The van der Waals surface area contributed by atoms with Crippen LogP contribution in [0.3, 0.4) is 0 Å². The average Bonchev–Trinajstić information content (AvgIpc) is 2.23. The molecule has 0 spiro atoms. The SMILES string of the molecule is Oc1ccc(-c2c(I)[c]ccc2O)cc1F. The molecule has 2 aromatic carbocycles. The fraction of sp³-hybridized carbons (Fsp3) is 0. The summed E-state index contributed by atoms with van der Waals surface area (Å²) in [7, 11) is 0. The molecule has 0 heterocycles. The topological polar surface area (TPSA) is 40.5 Å². The van der Waals surface area contributed by atoms with Crippen LogP contribution < -0.4 is 0 Å². The van der Waals surface area contributed by atoms with Gasteiger partial charge < -0.3 is 10.2 Å². The average molecular weight is 329 g/mol. The van der Waals surface area contributed by atoms with Crippen LogP contribution in [0.2, 0.25) is 0 Å². The Morgan fingerprint density at radius 1 is 1.12 bits per heavy atom. The lowest BCUT2D eigenvalue weighted by Crippen LogP contribution is -1.86. The summed E-state index contributed by atoms with van der Waals surface area (Å²) in [6.45, 7) is 0. The zero-order chi connectivity index (χ0) is 11.7. The fourth-order valence-corrected chi connectivity index (χ4v) is 2.17. The highest BCUT2D eigenvalue weighted by Gasteiger charge is 2.10. The fourth-order valence-electron chi connectivity index (χ4n) is 1.40. The Hall–Kier alpha value is -1.30. The first-order chi connectivity index (χ1) is 7.59. The summed E-state index contributed by atoms with van der Waals surface area (Å²) in [5.41, 5.74) is 1.02. The van der Waals surface area contributed by atoms with Crippen molar-refractivity contribution < 1.29 is 14.6 Å². The number of phenolic OH excluding ortho intramolecular Hbond substituents is 2. The molecule has 0 aromatic heterocycles. The Labute approximate surface area is 106 Å². The van der Waals surface area contributed by atoms with Crippen LogP contribution in [0.15, 0.2) is 30.3 Å². The molecule has 2 N–H and O–H groups in total. The van der Waals surface area contributed by atoms with Gasteiger partial charge in [0, 0.05) is 9.13 Å². The Morgan fingerprint density at radius 2 is 1.88 bits per heavy atom. The molecule has 0 saturated heterocycles. The van der Waals surface area contributed by atoms with Crippen LogP contribution in [0.4, 0.5) is 4.39 Å². The van der Waals surface area contributed by atoms with Crippen LogP contribution in [-0.2, 0) is 0 Å². The number of benzene rings is 2. The Kier molecular flexibility index (Phi) is 3.00. The van der Waals surface area contributed by atoms with Gasteiger partial charge in [-0.05, 0) is 58.5 Å². The van der Waals surface area contributed by atoms with Gasteiger partial charge in [0.2, 0.25) is 0 Å². The minimum Gasteiger partial charge on any atom is -0.507 e. The maximum atomic E-state index is 13.2. The van der Waals surface area contributed by atoms with E-state index >= 15 is 0 Å². The first-order valence-electron chi connectivity index (χ1n) is 4.47. The quantitative estimate of drug-likeness (QED) is 0.788. The maximum Gasteiger partial charge on any atom is 0.165 e. The zero-order valence-electron chi connectivity index (χ0n) is 8.04. The molecule has 0 amide bonds. The summed E-state index contributed by atoms with van der Waals surface area (Å²) in [6, 6.07) is 9.98. The van der Waals surface area contributed by atoms with E-state index in [0.29, 0.717) is 14.7 Å². The second-order valence-electron chi connectivity index (χ2n) is 3.22. The molecule has 0 aliphatic carbocycles. The summed E-state index contributed by atoms with van der Waals surface area (Å²) in [4.78, 5) is 0. The van der Waals surface area contributed by atoms with Gasteiger partial charge in [0.1, 0.15) is 5.75 Å². The largest absolute Gasteiger partial charge is 0.507 e. The monoisotopic (exact) mass is 329 g/mol. The minimum atomic E-state index is -0.712. The Morgan fingerprint density at radius 3 is 2.50 bits per heavy atom. The van der Waals surface area contributed by atoms with E-state index in [2.05, 4.69) is 6.07 Å². The summed E-state index contributed by atoms with van der Waals surface area (Å²) in [5.74, 6) is -1.05. The summed E-state index contributed by atoms with van der Waals surface area (Å²) in [6.07, 6.45) is 0. The molecule has 1 radical (unpaired) electrons. The molecule has 4 heteroatoms. The molecule has 2 nitrogen and oxygen atoms in total. The molecular formula is C12H7FIO2. The molecule has 0 atom stereocenters. The van der Waals surface area contributed by atoms with Gasteiger partial charge in [-0.2, -0.15) is 0 Å². The van der Waals surface area contributed by atoms with Gasteiger partial charge in [-0.3, -0.25) is 0 Å². The van der Waals surface area contributed by atoms with E-state index < -0.39 is 11.6 Å². The van der Waals surface area contributed by atoms with Gasteiger partial charge in [-0.15, -0.1) is 0 Å². The van der Waals surface area contributed by atoms with Gasteiger partial charge in [0.05, 0.1) is 0 Å². The van der Waals surface area contributed by atoms with Crippen LogP contribution in [0.5, 0.6) is 11.5 Å². The van der Waals surface area contributed by atoms with Crippen molar-refractivity contribution in [3.05, 3.63) is 45.8 Å².